The number of rotatable bonds is 9. The number of hydrogen-bond acceptors (Lipinski definition) is 9. The van der Waals surface area contributed by atoms with Crippen molar-refractivity contribution in [2.45, 2.75) is 25.3 Å². The second-order valence-corrected chi connectivity index (χ2v) is 10.1. The van der Waals surface area contributed by atoms with Crippen LogP contribution >= 0.6 is 23.2 Å². The molecule has 0 unspecified atom stereocenters. The predicted octanol–water partition coefficient (Wildman–Crippen LogP) is 5.19. The summed E-state index contributed by atoms with van der Waals surface area (Å²) in [6.45, 7) is 6.28. The van der Waals surface area contributed by atoms with Crippen LogP contribution in [0, 0.1) is 5.92 Å². The number of allylic oxidation sites excluding steroid dienone is 1. The van der Waals surface area contributed by atoms with Crippen molar-refractivity contribution in [1.29, 1.82) is 0 Å². The minimum atomic E-state index is -0.0827. The first kappa shape index (κ1) is 26.5. The largest absolute Gasteiger partial charge is 0.495 e. The van der Waals surface area contributed by atoms with E-state index in [1.807, 2.05) is 6.07 Å². The molecule has 9 nitrogen and oxygen atoms in total. The lowest BCUT2D eigenvalue weighted by molar-refractivity contribution is -0.115. The highest BCUT2D eigenvalue weighted by Crippen LogP contribution is 2.46. The summed E-state index contributed by atoms with van der Waals surface area (Å²) < 4.78 is 16.6. The number of anilines is 2. The van der Waals surface area contributed by atoms with Crippen molar-refractivity contribution >= 4 is 51.7 Å². The minimum absolute atomic E-state index is 0.00808. The summed E-state index contributed by atoms with van der Waals surface area (Å²) in [5.74, 6) is 2.07. The maximum Gasteiger partial charge on any atom is 0.223 e. The number of aromatic nitrogens is 3. The van der Waals surface area contributed by atoms with Gasteiger partial charge in [-0.1, -0.05) is 29.8 Å². The number of halogens is 2. The zero-order chi connectivity index (χ0) is 26.8. The van der Waals surface area contributed by atoms with Gasteiger partial charge >= 0.3 is 0 Å². The molecular weight excluding hydrogens is 529 g/mol. The summed E-state index contributed by atoms with van der Waals surface area (Å²) in [6, 6.07) is 3.44. The molecule has 2 aliphatic rings. The fourth-order valence-electron chi connectivity index (χ4n) is 4.95. The number of ketones is 1. The Morgan fingerprint density at radius 1 is 1.16 bits per heavy atom. The summed E-state index contributed by atoms with van der Waals surface area (Å²) in [5, 5.41) is 4.85. The van der Waals surface area contributed by atoms with Crippen LogP contribution in [0.4, 0.5) is 11.8 Å². The van der Waals surface area contributed by atoms with Gasteiger partial charge in [-0.25, -0.2) is 15.0 Å². The van der Waals surface area contributed by atoms with Crippen LogP contribution in [-0.2, 0) is 9.53 Å². The van der Waals surface area contributed by atoms with Gasteiger partial charge in [-0.2, -0.15) is 0 Å². The minimum Gasteiger partial charge on any atom is -0.495 e. The number of hydrogen-bond donors (Lipinski definition) is 1. The van der Waals surface area contributed by atoms with Crippen molar-refractivity contribution in [3.05, 3.63) is 41.0 Å². The smallest absolute Gasteiger partial charge is 0.223 e. The first-order valence-electron chi connectivity index (χ1n) is 12.5. The van der Waals surface area contributed by atoms with E-state index in [-0.39, 0.29) is 17.7 Å². The van der Waals surface area contributed by atoms with E-state index in [1.54, 1.807) is 12.3 Å². The molecule has 2 aromatic heterocycles. The standard InChI is InChI=1S/C27H29Cl2N5O4/c1-4-17(35)9-16-13-38-14-19(16)32-27-30-12-15-10-18(31-26(25(15)33-27)34-7-5-6-8-34)22-23(28)20(36-2)11-21(37-3)24(22)29/h4,10-12,16,19H,1,5-9,13-14H2,2-3H3,(H,30,32,33)/t16-,19+/m0/s1. The van der Waals surface area contributed by atoms with Gasteiger partial charge in [0.1, 0.15) is 17.0 Å². The molecule has 3 aromatic rings. The van der Waals surface area contributed by atoms with E-state index in [0.717, 1.165) is 37.1 Å². The third-order valence-corrected chi connectivity index (χ3v) is 7.74. The summed E-state index contributed by atoms with van der Waals surface area (Å²) in [5.41, 5.74) is 1.81. The molecular formula is C27H29Cl2N5O4. The lowest BCUT2D eigenvalue weighted by Gasteiger charge is -2.22. The average molecular weight is 558 g/mol. The van der Waals surface area contributed by atoms with Crippen molar-refractivity contribution in [1.82, 2.24) is 15.0 Å². The van der Waals surface area contributed by atoms with Crippen LogP contribution in [0.1, 0.15) is 19.3 Å². The number of carbonyl (C=O) groups excluding carboxylic acids is 1. The van der Waals surface area contributed by atoms with Crippen LogP contribution in [-0.4, -0.2) is 67.3 Å². The third-order valence-electron chi connectivity index (χ3n) is 6.99. The Labute approximate surface area is 231 Å². The zero-order valence-electron chi connectivity index (χ0n) is 21.3. The molecule has 11 heteroatoms. The molecule has 0 aliphatic carbocycles. The molecule has 2 atom stereocenters. The van der Waals surface area contributed by atoms with Crippen LogP contribution in [0.15, 0.2) is 31.0 Å². The van der Waals surface area contributed by atoms with E-state index in [9.17, 15) is 4.79 Å². The Bertz CT molecular complexity index is 1350. The van der Waals surface area contributed by atoms with Crippen LogP contribution in [0.3, 0.4) is 0 Å². The topological polar surface area (TPSA) is 98.7 Å². The van der Waals surface area contributed by atoms with Crippen LogP contribution in [0.25, 0.3) is 22.2 Å². The Balaban J connectivity index is 1.58. The molecule has 5 rings (SSSR count). The number of ether oxygens (including phenoxy) is 3. The molecule has 2 saturated heterocycles. The van der Waals surface area contributed by atoms with Crippen molar-refractivity contribution < 1.29 is 19.0 Å². The molecule has 1 aromatic carbocycles. The number of nitrogens with zero attached hydrogens (tertiary/aromatic N) is 4. The van der Waals surface area contributed by atoms with E-state index in [0.29, 0.717) is 63.9 Å². The number of carbonyl (C=O) groups is 1. The van der Waals surface area contributed by atoms with Gasteiger partial charge < -0.3 is 24.4 Å². The number of benzene rings is 1. The normalized spacial score (nSPS) is 19.1. The molecule has 2 fully saturated rings. The average Bonchev–Trinajstić information content (AvgIpc) is 3.61. The molecule has 0 radical (unpaired) electrons. The quantitative estimate of drug-likeness (QED) is 0.356. The maximum atomic E-state index is 11.9. The van der Waals surface area contributed by atoms with Gasteiger partial charge in [0, 0.05) is 48.6 Å². The van der Waals surface area contributed by atoms with Gasteiger partial charge in [0.15, 0.2) is 11.6 Å². The molecule has 0 spiro atoms. The van der Waals surface area contributed by atoms with E-state index >= 15 is 0 Å². The van der Waals surface area contributed by atoms with Crippen molar-refractivity contribution in [2.24, 2.45) is 5.92 Å². The summed E-state index contributed by atoms with van der Waals surface area (Å²) in [7, 11) is 3.08. The van der Waals surface area contributed by atoms with Gasteiger partial charge in [-0.3, -0.25) is 4.79 Å². The lowest BCUT2D eigenvalue weighted by Crippen LogP contribution is -2.30. The Morgan fingerprint density at radius 2 is 1.87 bits per heavy atom. The number of fused-ring (bicyclic) bond motifs is 1. The summed E-state index contributed by atoms with van der Waals surface area (Å²) >= 11 is 13.4. The van der Waals surface area contributed by atoms with E-state index in [1.165, 1.54) is 20.3 Å². The Morgan fingerprint density at radius 3 is 2.53 bits per heavy atom. The molecule has 1 N–H and O–H groups in total. The van der Waals surface area contributed by atoms with Gasteiger partial charge in [-0.15, -0.1) is 0 Å². The van der Waals surface area contributed by atoms with Crippen LogP contribution in [0.5, 0.6) is 11.5 Å². The van der Waals surface area contributed by atoms with Gasteiger partial charge in [0.25, 0.3) is 0 Å². The molecule has 4 heterocycles. The number of nitrogens with one attached hydrogen (secondary N) is 1. The first-order chi connectivity index (χ1) is 18.4. The summed E-state index contributed by atoms with van der Waals surface area (Å²) in [6.07, 6.45) is 5.61. The van der Waals surface area contributed by atoms with Gasteiger partial charge in [0.2, 0.25) is 5.95 Å². The third kappa shape index (κ3) is 5.10. The fraction of sp³-hybridized carbons (Fsp3) is 0.407. The zero-order valence-corrected chi connectivity index (χ0v) is 22.8. The van der Waals surface area contributed by atoms with E-state index in [4.69, 9.17) is 47.4 Å². The molecule has 0 amide bonds. The molecule has 0 bridgehead atoms. The Hall–Kier alpha value is -3.14. The fourth-order valence-corrected chi connectivity index (χ4v) is 5.64. The predicted molar refractivity (Wildman–Crippen MR) is 149 cm³/mol. The highest BCUT2D eigenvalue weighted by molar-refractivity contribution is 6.41. The SMILES string of the molecule is C=CC(=O)C[C@H]1COC[C@H]1Nc1ncc2cc(-c3c(Cl)c(OC)cc(OC)c3Cl)nc(N3CCCC3)c2n1. The highest BCUT2D eigenvalue weighted by Gasteiger charge is 2.30. The first-order valence-corrected chi connectivity index (χ1v) is 13.2. The molecule has 0 saturated carbocycles. The molecule has 200 valence electrons. The monoisotopic (exact) mass is 557 g/mol. The van der Waals surface area contributed by atoms with E-state index < -0.39 is 0 Å². The maximum absolute atomic E-state index is 11.9. The highest BCUT2D eigenvalue weighted by atomic mass is 35.5. The van der Waals surface area contributed by atoms with Crippen molar-refractivity contribution in [3.8, 4) is 22.8 Å². The molecule has 38 heavy (non-hydrogen) atoms. The molecule has 2 aliphatic heterocycles. The Kier molecular flexibility index (Phi) is 7.88. The lowest BCUT2D eigenvalue weighted by atomic mass is 9.97. The van der Waals surface area contributed by atoms with Crippen LogP contribution in [0.2, 0.25) is 10.0 Å². The second kappa shape index (κ2) is 11.3. The van der Waals surface area contributed by atoms with Crippen molar-refractivity contribution in [3.63, 3.8) is 0 Å². The summed E-state index contributed by atoms with van der Waals surface area (Å²) in [4.78, 5) is 28.6. The number of methoxy groups -OCH3 is 2. The second-order valence-electron chi connectivity index (χ2n) is 9.36. The van der Waals surface area contributed by atoms with E-state index in [2.05, 4.69) is 21.8 Å². The number of pyridine rings is 1. The van der Waals surface area contributed by atoms with Crippen molar-refractivity contribution in [2.75, 3.05) is 50.7 Å². The van der Waals surface area contributed by atoms with Crippen LogP contribution < -0.4 is 19.7 Å². The van der Waals surface area contributed by atoms with Gasteiger partial charge in [0.05, 0.1) is 49.2 Å². The van der Waals surface area contributed by atoms with Gasteiger partial charge in [-0.05, 0) is 25.0 Å².